The van der Waals surface area contributed by atoms with Crippen LogP contribution < -0.4 is 16.4 Å². The Balaban J connectivity index is 1.84. The molecule has 3 N–H and O–H groups in total. The maximum absolute atomic E-state index is 11.8. The lowest BCUT2D eigenvalue weighted by Gasteiger charge is -2.25. The van der Waals surface area contributed by atoms with Crippen molar-refractivity contribution in [1.82, 2.24) is 15.2 Å². The van der Waals surface area contributed by atoms with Gasteiger partial charge in [0.25, 0.3) is 0 Å². The van der Waals surface area contributed by atoms with Gasteiger partial charge in [-0.25, -0.2) is 9.59 Å². The zero-order valence-electron chi connectivity index (χ0n) is 13.6. The van der Waals surface area contributed by atoms with Crippen LogP contribution in [0.3, 0.4) is 0 Å². The molecule has 126 valence electrons. The van der Waals surface area contributed by atoms with Gasteiger partial charge >= 0.3 is 11.8 Å². The van der Waals surface area contributed by atoms with E-state index in [1.165, 1.54) is 4.57 Å². The van der Waals surface area contributed by atoms with Crippen molar-refractivity contribution >= 4 is 17.1 Å². The van der Waals surface area contributed by atoms with E-state index in [0.29, 0.717) is 17.6 Å². The molecule has 1 unspecified atom stereocenters. The van der Waals surface area contributed by atoms with Crippen molar-refractivity contribution in [2.45, 2.75) is 33.4 Å². The highest BCUT2D eigenvalue weighted by Crippen LogP contribution is 2.18. The molecule has 1 aromatic carbocycles. The largest absolute Gasteiger partial charge is 0.420 e. The van der Waals surface area contributed by atoms with Crippen LogP contribution in [0.15, 0.2) is 33.5 Å². The van der Waals surface area contributed by atoms with E-state index >= 15 is 0 Å². The van der Waals surface area contributed by atoms with Crippen LogP contribution in [0.2, 0.25) is 0 Å². The predicted octanol–water partition coefficient (Wildman–Crippen LogP) is 1.30. The first-order valence-electron chi connectivity index (χ1n) is 7.57. The van der Waals surface area contributed by atoms with Crippen LogP contribution in [0.5, 0.6) is 0 Å². The molecule has 2 amide bonds. The number of nitrogens with one attached hydrogen (secondary N) is 2. The van der Waals surface area contributed by atoms with Gasteiger partial charge in [-0.3, -0.25) is 4.57 Å². The summed E-state index contributed by atoms with van der Waals surface area (Å²) in [5.41, 5.74) is 0.925. The fourth-order valence-electron chi connectivity index (χ4n) is 2.07. The van der Waals surface area contributed by atoms with Gasteiger partial charge in [-0.2, -0.15) is 0 Å². The molecule has 0 radical (unpaired) electrons. The van der Waals surface area contributed by atoms with Crippen LogP contribution in [-0.4, -0.2) is 34.9 Å². The first-order chi connectivity index (χ1) is 10.8. The molecule has 7 heteroatoms. The molecule has 0 fully saturated rings. The number of carbonyl (C=O) groups excluding carboxylic acids is 1. The molecule has 0 aliphatic heterocycles. The Bertz CT molecular complexity index is 727. The van der Waals surface area contributed by atoms with E-state index in [9.17, 15) is 14.7 Å². The zero-order chi connectivity index (χ0) is 17.0. The summed E-state index contributed by atoms with van der Waals surface area (Å²) in [6, 6.07) is 6.75. The normalized spacial score (nSPS) is 13.0. The van der Waals surface area contributed by atoms with Gasteiger partial charge in [0.1, 0.15) is 0 Å². The summed E-state index contributed by atoms with van der Waals surface area (Å²) >= 11 is 0. The number of nitrogens with zero attached hydrogens (tertiary/aromatic N) is 1. The van der Waals surface area contributed by atoms with Crippen molar-refractivity contribution < 1.29 is 14.3 Å². The molecule has 1 atom stereocenters. The van der Waals surface area contributed by atoms with Crippen LogP contribution in [0.25, 0.3) is 11.1 Å². The van der Waals surface area contributed by atoms with E-state index in [1.807, 2.05) is 26.8 Å². The standard InChI is InChI=1S/C16H23N3O4/c1-16(2,3)13(20)10-18-14(21)17-8-9-19-11-6-4-5-7-12(11)23-15(19)22/h4-7,13,20H,8-10H2,1-3H3,(H2,17,18,21). The highest BCUT2D eigenvalue weighted by Gasteiger charge is 2.22. The third-order valence-corrected chi connectivity index (χ3v) is 3.65. The van der Waals surface area contributed by atoms with E-state index in [-0.39, 0.29) is 24.5 Å². The molecule has 0 aliphatic rings. The van der Waals surface area contributed by atoms with E-state index in [1.54, 1.807) is 18.2 Å². The van der Waals surface area contributed by atoms with Crippen molar-refractivity contribution in [3.63, 3.8) is 0 Å². The first kappa shape index (κ1) is 17.1. The SMILES string of the molecule is CC(C)(C)C(O)CNC(=O)NCCn1c(=O)oc2ccccc21. The third kappa shape index (κ3) is 4.35. The molecule has 0 bridgehead atoms. The summed E-state index contributed by atoms with van der Waals surface area (Å²) in [5, 5.41) is 15.1. The van der Waals surface area contributed by atoms with Gasteiger partial charge in [-0.15, -0.1) is 0 Å². The molecule has 7 nitrogen and oxygen atoms in total. The average Bonchev–Trinajstić information content (AvgIpc) is 2.80. The smallest absolute Gasteiger partial charge is 0.408 e. The number of hydrogen-bond acceptors (Lipinski definition) is 4. The number of carbonyl (C=O) groups is 1. The average molecular weight is 321 g/mol. The van der Waals surface area contributed by atoms with E-state index in [2.05, 4.69) is 10.6 Å². The van der Waals surface area contributed by atoms with Crippen molar-refractivity contribution in [3.8, 4) is 0 Å². The zero-order valence-corrected chi connectivity index (χ0v) is 13.6. The second-order valence-electron chi connectivity index (χ2n) is 6.51. The van der Waals surface area contributed by atoms with Gasteiger partial charge in [0.05, 0.1) is 11.6 Å². The third-order valence-electron chi connectivity index (χ3n) is 3.65. The fourth-order valence-corrected chi connectivity index (χ4v) is 2.07. The monoisotopic (exact) mass is 321 g/mol. The van der Waals surface area contributed by atoms with E-state index < -0.39 is 11.9 Å². The first-order valence-corrected chi connectivity index (χ1v) is 7.57. The molecule has 1 heterocycles. The van der Waals surface area contributed by atoms with Crippen molar-refractivity contribution in [1.29, 1.82) is 0 Å². The Morgan fingerprint density at radius 3 is 2.70 bits per heavy atom. The lowest BCUT2D eigenvalue weighted by atomic mass is 9.89. The highest BCUT2D eigenvalue weighted by atomic mass is 16.4. The molecule has 2 rings (SSSR count). The fraction of sp³-hybridized carbons (Fsp3) is 0.500. The molecule has 0 spiro atoms. The molecule has 23 heavy (non-hydrogen) atoms. The Kier molecular flexibility index (Phi) is 5.10. The number of fused-ring (bicyclic) bond motifs is 1. The van der Waals surface area contributed by atoms with Crippen LogP contribution in [0.1, 0.15) is 20.8 Å². The number of amides is 2. The minimum absolute atomic E-state index is 0.171. The number of para-hydroxylation sites is 2. The molecular weight excluding hydrogens is 298 g/mol. The lowest BCUT2D eigenvalue weighted by Crippen LogP contribution is -2.44. The molecule has 0 saturated heterocycles. The maximum Gasteiger partial charge on any atom is 0.420 e. The van der Waals surface area contributed by atoms with Crippen LogP contribution >= 0.6 is 0 Å². The Labute approximate surface area is 134 Å². The predicted molar refractivity (Wildman–Crippen MR) is 87.3 cm³/mol. The van der Waals surface area contributed by atoms with Crippen molar-refractivity contribution in [3.05, 3.63) is 34.8 Å². The maximum atomic E-state index is 11.8. The molecule has 1 aromatic heterocycles. The highest BCUT2D eigenvalue weighted by molar-refractivity contribution is 5.74. The van der Waals surface area contributed by atoms with Crippen molar-refractivity contribution in [2.75, 3.05) is 13.1 Å². The second kappa shape index (κ2) is 6.87. The van der Waals surface area contributed by atoms with Crippen LogP contribution in [0, 0.1) is 5.41 Å². The summed E-state index contributed by atoms with van der Waals surface area (Å²) < 4.78 is 6.59. The second-order valence-corrected chi connectivity index (χ2v) is 6.51. The number of urea groups is 1. The van der Waals surface area contributed by atoms with Gasteiger partial charge in [0.15, 0.2) is 5.58 Å². The number of hydrogen-bond donors (Lipinski definition) is 3. The topological polar surface area (TPSA) is 96.5 Å². The molecule has 2 aromatic rings. The van der Waals surface area contributed by atoms with Gasteiger partial charge in [-0.05, 0) is 17.5 Å². The Morgan fingerprint density at radius 2 is 2.00 bits per heavy atom. The van der Waals surface area contributed by atoms with Crippen molar-refractivity contribution in [2.24, 2.45) is 5.41 Å². The summed E-state index contributed by atoms with van der Waals surface area (Å²) in [7, 11) is 0. The molecular formula is C16H23N3O4. The number of oxazole rings is 1. The quantitative estimate of drug-likeness (QED) is 0.773. The molecule has 0 saturated carbocycles. The Hall–Kier alpha value is -2.28. The van der Waals surface area contributed by atoms with E-state index in [4.69, 9.17) is 4.42 Å². The van der Waals surface area contributed by atoms with Gasteiger partial charge in [0, 0.05) is 19.6 Å². The summed E-state index contributed by atoms with van der Waals surface area (Å²) in [6.07, 6.45) is -0.631. The number of aliphatic hydroxyl groups is 1. The minimum Gasteiger partial charge on any atom is -0.408 e. The minimum atomic E-state index is -0.631. The van der Waals surface area contributed by atoms with Gasteiger partial charge < -0.3 is 20.2 Å². The summed E-state index contributed by atoms with van der Waals surface area (Å²) in [4.78, 5) is 23.5. The van der Waals surface area contributed by atoms with Gasteiger partial charge in [-0.1, -0.05) is 32.9 Å². The Morgan fingerprint density at radius 1 is 1.30 bits per heavy atom. The summed E-state index contributed by atoms with van der Waals surface area (Å²) in [6.45, 7) is 6.45. The number of rotatable bonds is 5. The number of benzene rings is 1. The lowest BCUT2D eigenvalue weighted by molar-refractivity contribution is 0.0650. The molecule has 0 aliphatic carbocycles. The van der Waals surface area contributed by atoms with Gasteiger partial charge in [0.2, 0.25) is 0 Å². The van der Waals surface area contributed by atoms with E-state index in [0.717, 1.165) is 0 Å². The number of aromatic nitrogens is 1. The number of aliphatic hydroxyl groups excluding tert-OH is 1. The van der Waals surface area contributed by atoms with Crippen LogP contribution in [-0.2, 0) is 6.54 Å². The summed E-state index contributed by atoms with van der Waals surface area (Å²) in [5.74, 6) is -0.448. The van der Waals surface area contributed by atoms with Crippen LogP contribution in [0.4, 0.5) is 4.79 Å².